The zero-order valence-corrected chi connectivity index (χ0v) is 13.0. The Morgan fingerprint density at radius 1 is 1.28 bits per heavy atom. The molecule has 4 N–H and O–H groups in total. The van der Waals surface area contributed by atoms with Crippen LogP contribution in [0.15, 0.2) is 18.2 Å². The molecule has 0 saturated heterocycles. The van der Waals surface area contributed by atoms with E-state index in [4.69, 9.17) is 0 Å². The summed E-state index contributed by atoms with van der Waals surface area (Å²) in [6, 6.07) is 4.06. The molecule has 0 radical (unpaired) electrons. The maximum absolute atomic E-state index is 13.4. The van der Waals surface area contributed by atoms with Gasteiger partial charge in [-0.15, -0.1) is 0 Å². The molecule has 126 valence electrons. The topological polar surface area (TPSA) is 133 Å². The number of amides is 2. The van der Waals surface area contributed by atoms with E-state index in [1.807, 2.05) is 0 Å². The molecule has 3 aromatic rings. The molecule has 1 aliphatic heterocycles. The number of carbonyl (C=O) groups excluding carboxylic acids is 1. The van der Waals surface area contributed by atoms with Crippen LogP contribution in [0.1, 0.15) is 11.1 Å². The molecule has 2 amide bonds. The number of anilines is 3. The Morgan fingerprint density at radius 3 is 2.92 bits per heavy atom. The van der Waals surface area contributed by atoms with Crippen molar-refractivity contribution in [2.24, 2.45) is 0 Å². The van der Waals surface area contributed by atoms with Crippen molar-refractivity contribution in [1.82, 2.24) is 35.9 Å². The normalized spacial score (nSPS) is 13.0. The Kier molecular flexibility index (Phi) is 3.45. The van der Waals surface area contributed by atoms with E-state index in [0.29, 0.717) is 22.6 Å². The second kappa shape index (κ2) is 5.78. The van der Waals surface area contributed by atoms with Gasteiger partial charge in [0.15, 0.2) is 0 Å². The van der Waals surface area contributed by atoms with Gasteiger partial charge in [0.05, 0.1) is 12.2 Å². The molecule has 0 bridgehead atoms. The van der Waals surface area contributed by atoms with Gasteiger partial charge in [0.2, 0.25) is 11.9 Å². The summed E-state index contributed by atoms with van der Waals surface area (Å²) in [4.78, 5) is 20.4. The van der Waals surface area contributed by atoms with E-state index in [9.17, 15) is 9.18 Å². The van der Waals surface area contributed by atoms with Crippen LogP contribution in [0.5, 0.6) is 0 Å². The first-order chi connectivity index (χ1) is 12.1. The molecule has 0 unspecified atom stereocenters. The first kappa shape index (κ1) is 14.9. The first-order valence-electron chi connectivity index (χ1n) is 7.33. The van der Waals surface area contributed by atoms with E-state index in [2.05, 4.69) is 46.5 Å². The van der Waals surface area contributed by atoms with Gasteiger partial charge in [-0.05, 0) is 41.1 Å². The summed E-state index contributed by atoms with van der Waals surface area (Å²) in [6.45, 7) is 2.05. The van der Waals surface area contributed by atoms with Crippen molar-refractivity contribution in [2.45, 2.75) is 13.5 Å². The van der Waals surface area contributed by atoms with Crippen LogP contribution in [0.3, 0.4) is 0 Å². The van der Waals surface area contributed by atoms with Crippen LogP contribution in [0.2, 0.25) is 0 Å². The zero-order valence-electron chi connectivity index (χ0n) is 13.0. The molecule has 1 aliphatic rings. The van der Waals surface area contributed by atoms with Crippen molar-refractivity contribution >= 4 is 23.7 Å². The van der Waals surface area contributed by atoms with Gasteiger partial charge >= 0.3 is 6.03 Å². The summed E-state index contributed by atoms with van der Waals surface area (Å²) in [7, 11) is 0. The van der Waals surface area contributed by atoms with E-state index < -0.39 is 0 Å². The Hall–Kier alpha value is -3.63. The maximum Gasteiger partial charge on any atom is 0.320 e. The van der Waals surface area contributed by atoms with Crippen molar-refractivity contribution in [3.8, 4) is 11.3 Å². The number of nitrogens with one attached hydrogen (secondary N) is 4. The summed E-state index contributed by atoms with van der Waals surface area (Å²) in [5, 5.41) is 21.3. The number of carbonyl (C=O) groups is 1. The van der Waals surface area contributed by atoms with Gasteiger partial charge in [0.1, 0.15) is 11.6 Å². The number of aromatic nitrogens is 6. The molecule has 4 rings (SSSR count). The number of hydrogen-bond donors (Lipinski definition) is 4. The molecule has 2 aromatic heterocycles. The van der Waals surface area contributed by atoms with Crippen LogP contribution < -0.4 is 16.0 Å². The van der Waals surface area contributed by atoms with Gasteiger partial charge in [0.25, 0.3) is 0 Å². The minimum absolute atomic E-state index is 0.193. The highest BCUT2D eigenvalue weighted by atomic mass is 19.1. The van der Waals surface area contributed by atoms with Crippen molar-refractivity contribution in [3.05, 3.63) is 35.1 Å². The average Bonchev–Trinajstić information content (AvgIpc) is 3.07. The fraction of sp³-hybridized carbons (Fsp3) is 0.143. The van der Waals surface area contributed by atoms with Crippen molar-refractivity contribution in [1.29, 1.82) is 0 Å². The van der Waals surface area contributed by atoms with Crippen LogP contribution >= 0.6 is 0 Å². The van der Waals surface area contributed by atoms with E-state index in [1.165, 1.54) is 12.1 Å². The molecule has 1 aromatic carbocycles. The van der Waals surface area contributed by atoms with Gasteiger partial charge in [-0.1, -0.05) is 5.10 Å². The minimum Gasteiger partial charge on any atom is -0.334 e. The lowest BCUT2D eigenvalue weighted by atomic mass is 10.0. The smallest absolute Gasteiger partial charge is 0.320 e. The SMILES string of the molecule is Cc1cc(F)ccc1-c1nc(Nc2nnn[nH]2)nc2c1CNC(=O)N2. The second-order valence-corrected chi connectivity index (χ2v) is 5.36. The third kappa shape index (κ3) is 2.82. The Labute approximate surface area is 140 Å². The van der Waals surface area contributed by atoms with E-state index in [0.717, 1.165) is 5.56 Å². The number of urea groups is 1. The molecule has 10 nitrogen and oxygen atoms in total. The number of aryl methyl sites for hydroxylation is 1. The average molecular weight is 341 g/mol. The molecule has 0 aliphatic carbocycles. The lowest BCUT2D eigenvalue weighted by molar-refractivity contribution is 0.250. The van der Waals surface area contributed by atoms with E-state index >= 15 is 0 Å². The van der Waals surface area contributed by atoms with Crippen LogP contribution in [-0.4, -0.2) is 36.6 Å². The zero-order chi connectivity index (χ0) is 17.4. The van der Waals surface area contributed by atoms with E-state index in [1.54, 1.807) is 13.0 Å². The summed E-state index contributed by atoms with van der Waals surface area (Å²) in [5.41, 5.74) is 2.72. The van der Waals surface area contributed by atoms with Gasteiger partial charge < -0.3 is 5.32 Å². The predicted molar refractivity (Wildman–Crippen MR) is 85.5 cm³/mol. The van der Waals surface area contributed by atoms with Crippen molar-refractivity contribution < 1.29 is 9.18 Å². The Balaban J connectivity index is 1.86. The van der Waals surface area contributed by atoms with Crippen molar-refractivity contribution in [3.63, 3.8) is 0 Å². The number of hydrogen-bond acceptors (Lipinski definition) is 7. The maximum atomic E-state index is 13.4. The fourth-order valence-corrected chi connectivity index (χ4v) is 2.56. The largest absolute Gasteiger partial charge is 0.334 e. The molecule has 0 saturated carbocycles. The molecule has 0 atom stereocenters. The van der Waals surface area contributed by atoms with Crippen LogP contribution in [0.25, 0.3) is 11.3 Å². The minimum atomic E-state index is -0.361. The van der Waals surface area contributed by atoms with Crippen LogP contribution in [0, 0.1) is 12.7 Å². The predicted octanol–water partition coefficient (Wildman–Crippen LogP) is 1.48. The number of benzene rings is 1. The van der Waals surface area contributed by atoms with E-state index in [-0.39, 0.29) is 30.3 Å². The summed E-state index contributed by atoms with van der Waals surface area (Å²) >= 11 is 0. The Morgan fingerprint density at radius 2 is 2.16 bits per heavy atom. The molecule has 11 heteroatoms. The highest BCUT2D eigenvalue weighted by molar-refractivity contribution is 5.93. The standard InChI is InChI=1S/C14H12FN9O/c1-6-4-7(15)2-3-8(6)10-9-5-16-14(25)19-11(9)18-12(17-10)20-13-21-23-24-22-13/h2-4H,5H2,1H3,(H4,16,17,18,19,20,21,22,23,24,25). The Bertz CT molecular complexity index is 957. The number of aromatic amines is 1. The molecular weight excluding hydrogens is 329 g/mol. The lowest BCUT2D eigenvalue weighted by Gasteiger charge is -2.21. The molecule has 3 heterocycles. The number of H-pyrrole nitrogens is 1. The third-order valence-corrected chi connectivity index (χ3v) is 3.68. The number of tetrazole rings is 1. The number of fused-ring (bicyclic) bond motifs is 1. The molecule has 0 spiro atoms. The second-order valence-electron chi connectivity index (χ2n) is 5.36. The quantitative estimate of drug-likeness (QED) is 0.567. The summed E-state index contributed by atoms with van der Waals surface area (Å²) < 4.78 is 13.4. The summed E-state index contributed by atoms with van der Waals surface area (Å²) in [5.74, 6) is 0.481. The number of nitrogens with zero attached hydrogens (tertiary/aromatic N) is 5. The van der Waals surface area contributed by atoms with Crippen LogP contribution in [0.4, 0.5) is 26.9 Å². The van der Waals surface area contributed by atoms with Gasteiger partial charge in [-0.3, -0.25) is 10.6 Å². The van der Waals surface area contributed by atoms with Gasteiger partial charge in [-0.2, -0.15) is 4.98 Å². The highest BCUT2D eigenvalue weighted by Gasteiger charge is 2.23. The number of halogens is 1. The van der Waals surface area contributed by atoms with Crippen LogP contribution in [-0.2, 0) is 6.54 Å². The monoisotopic (exact) mass is 341 g/mol. The molecule has 0 fully saturated rings. The highest BCUT2D eigenvalue weighted by Crippen LogP contribution is 2.32. The number of rotatable bonds is 3. The van der Waals surface area contributed by atoms with Gasteiger partial charge in [-0.25, -0.2) is 19.3 Å². The third-order valence-electron chi connectivity index (χ3n) is 3.68. The first-order valence-corrected chi connectivity index (χ1v) is 7.33. The summed E-state index contributed by atoms with van der Waals surface area (Å²) in [6.07, 6.45) is 0. The lowest BCUT2D eigenvalue weighted by Crippen LogP contribution is -2.34. The van der Waals surface area contributed by atoms with Crippen molar-refractivity contribution in [2.75, 3.05) is 10.6 Å². The fourth-order valence-electron chi connectivity index (χ4n) is 2.56. The molecule has 25 heavy (non-hydrogen) atoms. The van der Waals surface area contributed by atoms with Gasteiger partial charge in [0, 0.05) is 11.1 Å². The molecular formula is C14H12FN9O.